The van der Waals surface area contributed by atoms with Gasteiger partial charge in [-0.3, -0.25) is 28.2 Å². The number of halogens is 3. The molecule has 1 aromatic heterocycles. The van der Waals surface area contributed by atoms with E-state index in [4.69, 9.17) is 4.55 Å². The molecule has 1 atom stereocenters. The van der Waals surface area contributed by atoms with E-state index in [0.717, 1.165) is 10.6 Å². The summed E-state index contributed by atoms with van der Waals surface area (Å²) in [5.74, 6) is -4.12. The van der Waals surface area contributed by atoms with Crippen LogP contribution < -0.4 is 45.2 Å². The first kappa shape index (κ1) is 28.8. The van der Waals surface area contributed by atoms with Crippen LogP contribution in [0.15, 0.2) is 47.3 Å². The summed E-state index contributed by atoms with van der Waals surface area (Å²) in [6.45, 7) is 1.80. The van der Waals surface area contributed by atoms with Crippen LogP contribution in [0, 0.1) is 5.92 Å². The van der Waals surface area contributed by atoms with Gasteiger partial charge >= 0.3 is 46.0 Å². The average Bonchev–Trinajstić information content (AvgIpc) is 2.67. The van der Waals surface area contributed by atoms with Crippen LogP contribution in [0.4, 0.5) is 18.9 Å². The third kappa shape index (κ3) is 7.96. The van der Waals surface area contributed by atoms with Crippen molar-refractivity contribution in [1.29, 1.82) is 0 Å². The molecule has 33 heavy (non-hydrogen) atoms. The summed E-state index contributed by atoms with van der Waals surface area (Å²) in [5, 5.41) is 1.99. The van der Waals surface area contributed by atoms with E-state index in [9.17, 15) is 36.0 Å². The van der Waals surface area contributed by atoms with E-state index in [0.29, 0.717) is 5.56 Å². The van der Waals surface area contributed by atoms with Gasteiger partial charge in [-0.2, -0.15) is 21.6 Å². The Bertz CT molecular complexity index is 1170. The predicted octanol–water partition coefficient (Wildman–Crippen LogP) is -0.881. The molecular formula is C19H21F3N3NaO6S. The van der Waals surface area contributed by atoms with Crippen molar-refractivity contribution in [2.45, 2.75) is 32.6 Å². The summed E-state index contributed by atoms with van der Waals surface area (Å²) in [5.41, 5.74) is -1.04. The molecule has 0 aliphatic heterocycles. The SMILES string of the molecule is CC(C)C(NC(=O)Cn1c(-c2ccccc2)ccc(NS(=O)(=O)O)c1=O)C(=O)C(F)(F)F.[H-].[Na+]. The minimum Gasteiger partial charge on any atom is -1.00 e. The van der Waals surface area contributed by atoms with Crippen LogP contribution in [-0.4, -0.2) is 41.4 Å². The molecule has 3 N–H and O–H groups in total. The van der Waals surface area contributed by atoms with Crippen LogP contribution >= 0.6 is 0 Å². The van der Waals surface area contributed by atoms with E-state index < -0.39 is 57.9 Å². The monoisotopic (exact) mass is 499 g/mol. The molecule has 0 aliphatic carbocycles. The average molecular weight is 499 g/mol. The maximum atomic E-state index is 12.9. The number of nitrogens with zero attached hydrogens (tertiary/aromatic N) is 1. The molecule has 176 valence electrons. The first-order valence-electron chi connectivity index (χ1n) is 9.15. The number of amides is 1. The standard InChI is InChI=1S/C19H20F3N3O6S.Na.H/c1-11(2)16(17(27)19(20,21)22)23-15(26)10-25-14(12-6-4-3-5-7-12)9-8-13(18(25)28)24-32(29,30)31;;/h3-9,11,16,24H,10H2,1-2H3,(H,23,26)(H,29,30,31);;/q;+1;-1. The molecule has 0 aliphatic rings. The maximum Gasteiger partial charge on any atom is 1.00 e. The zero-order chi connectivity index (χ0) is 24.3. The van der Waals surface area contributed by atoms with Crippen molar-refractivity contribution in [1.82, 2.24) is 9.88 Å². The second-order valence-corrected chi connectivity index (χ2v) is 8.27. The number of aromatic nitrogens is 1. The zero-order valence-corrected chi connectivity index (χ0v) is 20.7. The number of pyridine rings is 1. The maximum absolute atomic E-state index is 12.9. The van der Waals surface area contributed by atoms with Gasteiger partial charge < -0.3 is 6.74 Å². The van der Waals surface area contributed by atoms with Gasteiger partial charge in [-0.15, -0.1) is 0 Å². The summed E-state index contributed by atoms with van der Waals surface area (Å²) in [6.07, 6.45) is -5.17. The van der Waals surface area contributed by atoms with Crippen LogP contribution in [0.1, 0.15) is 15.3 Å². The number of nitrogens with one attached hydrogen (secondary N) is 2. The molecule has 2 aromatic rings. The van der Waals surface area contributed by atoms with Crippen molar-refractivity contribution in [2.24, 2.45) is 5.92 Å². The molecular weight excluding hydrogens is 478 g/mol. The van der Waals surface area contributed by atoms with Gasteiger partial charge in [0.2, 0.25) is 5.91 Å². The topological polar surface area (TPSA) is 135 Å². The van der Waals surface area contributed by atoms with E-state index in [1.54, 1.807) is 35.1 Å². The number of benzene rings is 1. The van der Waals surface area contributed by atoms with Crippen LogP contribution in [0.5, 0.6) is 0 Å². The molecule has 0 saturated heterocycles. The number of rotatable bonds is 8. The van der Waals surface area contributed by atoms with Gasteiger partial charge in [0.1, 0.15) is 12.2 Å². The van der Waals surface area contributed by atoms with Gasteiger partial charge in [-0.05, 0) is 23.6 Å². The van der Waals surface area contributed by atoms with E-state index in [-0.39, 0.29) is 36.7 Å². The fourth-order valence-corrected chi connectivity index (χ4v) is 3.32. The van der Waals surface area contributed by atoms with E-state index in [1.165, 1.54) is 19.9 Å². The van der Waals surface area contributed by atoms with Gasteiger partial charge in [0, 0.05) is 0 Å². The van der Waals surface area contributed by atoms with Gasteiger partial charge in [0.15, 0.2) is 0 Å². The van der Waals surface area contributed by atoms with Gasteiger partial charge in [-0.25, -0.2) is 0 Å². The summed E-state index contributed by atoms with van der Waals surface area (Å²) in [4.78, 5) is 36.9. The summed E-state index contributed by atoms with van der Waals surface area (Å²) < 4.78 is 72.1. The third-order valence-corrected chi connectivity index (χ3v) is 4.81. The molecule has 9 nitrogen and oxygen atoms in total. The van der Waals surface area contributed by atoms with Crippen molar-refractivity contribution >= 4 is 27.7 Å². The Morgan fingerprint density at radius 2 is 1.70 bits per heavy atom. The molecule has 1 amide bonds. The number of anilines is 1. The van der Waals surface area contributed by atoms with E-state index in [2.05, 4.69) is 0 Å². The Kier molecular flexibility index (Phi) is 9.87. The van der Waals surface area contributed by atoms with E-state index in [1.807, 2.05) is 5.32 Å². The van der Waals surface area contributed by atoms with Crippen LogP contribution in [0.3, 0.4) is 0 Å². The molecule has 0 fully saturated rings. The summed E-state index contributed by atoms with van der Waals surface area (Å²) in [7, 11) is -4.81. The molecule has 0 saturated carbocycles. The van der Waals surface area contributed by atoms with E-state index >= 15 is 0 Å². The van der Waals surface area contributed by atoms with Crippen molar-refractivity contribution < 1.29 is 66.7 Å². The Balaban J connectivity index is 0.00000544. The quantitative estimate of drug-likeness (QED) is 0.319. The zero-order valence-electron chi connectivity index (χ0n) is 18.9. The van der Waals surface area contributed by atoms with Gasteiger partial charge in [0.05, 0.1) is 11.7 Å². The molecule has 1 unspecified atom stereocenters. The number of Topliss-reactive ketones (excluding diaryl/α,β-unsaturated/α-hetero) is 1. The summed E-state index contributed by atoms with van der Waals surface area (Å²) in [6, 6.07) is 8.60. The Morgan fingerprint density at radius 1 is 1.12 bits per heavy atom. The number of hydrogen-bond acceptors (Lipinski definition) is 5. The van der Waals surface area contributed by atoms with Crippen molar-refractivity contribution in [3.63, 3.8) is 0 Å². The first-order valence-corrected chi connectivity index (χ1v) is 10.6. The second-order valence-electron chi connectivity index (χ2n) is 7.12. The number of carbonyl (C=O) groups excluding carboxylic acids is 2. The minimum absolute atomic E-state index is 0. The molecule has 1 heterocycles. The molecule has 14 heteroatoms. The fraction of sp³-hybridized carbons (Fsp3) is 0.316. The van der Waals surface area contributed by atoms with Crippen LogP contribution in [0.2, 0.25) is 0 Å². The second kappa shape index (κ2) is 11.3. The number of carbonyl (C=O) groups is 2. The molecule has 1 aromatic carbocycles. The Hall–Kier alpha value is -2.19. The van der Waals surface area contributed by atoms with Crippen molar-refractivity contribution in [3.05, 3.63) is 52.8 Å². The van der Waals surface area contributed by atoms with Gasteiger partial charge in [0.25, 0.3) is 11.3 Å². The summed E-state index contributed by atoms with van der Waals surface area (Å²) >= 11 is 0. The van der Waals surface area contributed by atoms with Crippen LogP contribution in [0.25, 0.3) is 11.3 Å². The number of hydrogen-bond donors (Lipinski definition) is 3. The Labute approximate surface area is 211 Å². The normalized spacial score (nSPS) is 12.6. The number of ketones is 1. The smallest absolute Gasteiger partial charge is 1.00 e. The Morgan fingerprint density at radius 3 is 2.18 bits per heavy atom. The third-order valence-electron chi connectivity index (χ3n) is 4.33. The van der Waals surface area contributed by atoms with Gasteiger partial charge in [-0.1, -0.05) is 44.2 Å². The molecule has 0 bridgehead atoms. The molecule has 2 rings (SSSR count). The predicted molar refractivity (Wildman–Crippen MR) is 110 cm³/mol. The largest absolute Gasteiger partial charge is 1.00 e. The van der Waals surface area contributed by atoms with Crippen molar-refractivity contribution in [2.75, 3.05) is 4.72 Å². The first-order chi connectivity index (χ1) is 14.7. The van der Waals surface area contributed by atoms with Crippen LogP contribution in [-0.2, 0) is 26.4 Å². The molecule has 0 spiro atoms. The van der Waals surface area contributed by atoms with Crippen molar-refractivity contribution in [3.8, 4) is 11.3 Å². The minimum atomic E-state index is -5.17. The number of alkyl halides is 3. The fourth-order valence-electron chi connectivity index (χ4n) is 2.89. The molecule has 0 radical (unpaired) electrons.